The van der Waals surface area contributed by atoms with Gasteiger partial charge in [0, 0.05) is 22.3 Å². The number of carbonyl (C=O) groups is 1. The van der Waals surface area contributed by atoms with Crippen molar-refractivity contribution in [2.75, 3.05) is 0 Å². The molecule has 2 rings (SSSR count). The summed E-state index contributed by atoms with van der Waals surface area (Å²) in [6.45, 7) is 3.90. The van der Waals surface area contributed by atoms with Gasteiger partial charge in [-0.1, -0.05) is 13.0 Å². The average molecular weight is 316 g/mol. The third-order valence-electron chi connectivity index (χ3n) is 3.68. The zero-order valence-corrected chi connectivity index (χ0v) is 13.1. The monoisotopic (exact) mass is 315 g/mol. The van der Waals surface area contributed by atoms with Crippen molar-refractivity contribution in [2.45, 2.75) is 44.0 Å². The van der Waals surface area contributed by atoms with Gasteiger partial charge in [-0.25, -0.2) is 8.42 Å². The summed E-state index contributed by atoms with van der Waals surface area (Å²) in [4.78, 5) is 12.3. The minimum Gasteiger partial charge on any atom is -0.349 e. The van der Waals surface area contributed by atoms with E-state index in [1.165, 1.54) is 12.1 Å². The van der Waals surface area contributed by atoms with Gasteiger partial charge in [-0.15, -0.1) is 0 Å². The lowest BCUT2D eigenvalue weighted by Crippen LogP contribution is -2.34. The molecular formula is C14H18ClNO3S. The van der Waals surface area contributed by atoms with Gasteiger partial charge in [-0.3, -0.25) is 4.79 Å². The molecular weight excluding hydrogens is 298 g/mol. The van der Waals surface area contributed by atoms with Crippen LogP contribution in [0.25, 0.3) is 0 Å². The Hall–Kier alpha value is -1.07. The molecule has 0 spiro atoms. The summed E-state index contributed by atoms with van der Waals surface area (Å²) >= 11 is 0. The molecule has 1 aromatic carbocycles. The van der Waals surface area contributed by atoms with Crippen LogP contribution in [0.4, 0.5) is 0 Å². The quantitative estimate of drug-likeness (QED) is 0.850. The average Bonchev–Trinajstić information content (AvgIpc) is 3.20. The van der Waals surface area contributed by atoms with Crippen molar-refractivity contribution in [3.8, 4) is 0 Å². The highest BCUT2D eigenvalue weighted by molar-refractivity contribution is 8.13. The van der Waals surface area contributed by atoms with Crippen LogP contribution >= 0.6 is 10.7 Å². The molecule has 1 N–H and O–H groups in total. The van der Waals surface area contributed by atoms with Gasteiger partial charge in [0.25, 0.3) is 15.0 Å². The molecule has 0 aromatic heterocycles. The van der Waals surface area contributed by atoms with Crippen molar-refractivity contribution in [2.24, 2.45) is 5.92 Å². The van der Waals surface area contributed by atoms with Crippen LogP contribution in [0, 0.1) is 5.92 Å². The van der Waals surface area contributed by atoms with E-state index in [2.05, 4.69) is 5.32 Å². The lowest BCUT2D eigenvalue weighted by molar-refractivity contribution is 0.0934. The largest absolute Gasteiger partial charge is 0.349 e. The molecule has 4 nitrogen and oxygen atoms in total. The number of carbonyl (C=O) groups excluding carboxylic acids is 1. The third kappa shape index (κ3) is 3.52. The number of hydrogen-bond donors (Lipinski definition) is 1. The summed E-state index contributed by atoms with van der Waals surface area (Å²) in [5, 5.41) is 2.93. The zero-order chi connectivity index (χ0) is 14.9. The van der Waals surface area contributed by atoms with E-state index in [-0.39, 0.29) is 16.8 Å². The highest BCUT2D eigenvalue weighted by atomic mass is 35.7. The Morgan fingerprint density at radius 3 is 2.60 bits per heavy atom. The molecule has 1 unspecified atom stereocenters. The van der Waals surface area contributed by atoms with E-state index in [0.717, 1.165) is 18.4 Å². The molecule has 0 radical (unpaired) electrons. The van der Waals surface area contributed by atoms with Crippen LogP contribution in [0.2, 0.25) is 0 Å². The number of hydrogen-bond acceptors (Lipinski definition) is 3. The van der Waals surface area contributed by atoms with Crippen molar-refractivity contribution in [3.63, 3.8) is 0 Å². The number of halogens is 1. The fraction of sp³-hybridized carbons (Fsp3) is 0.500. The van der Waals surface area contributed by atoms with E-state index in [1.807, 2.05) is 13.8 Å². The number of aryl methyl sites for hydroxylation is 1. The van der Waals surface area contributed by atoms with E-state index in [4.69, 9.17) is 10.7 Å². The summed E-state index contributed by atoms with van der Waals surface area (Å²) in [5.41, 5.74) is 1.20. The molecule has 1 aliphatic rings. The Kier molecular flexibility index (Phi) is 4.39. The van der Waals surface area contributed by atoms with Crippen molar-refractivity contribution in [3.05, 3.63) is 29.3 Å². The van der Waals surface area contributed by atoms with Crippen LogP contribution in [-0.4, -0.2) is 20.4 Å². The number of benzene rings is 1. The number of rotatable bonds is 5. The molecule has 1 saturated carbocycles. The first-order valence-electron chi connectivity index (χ1n) is 6.71. The SMILES string of the molecule is CCc1ccc(S(=O)(=O)Cl)cc1C(=O)NC(C)C1CC1. The van der Waals surface area contributed by atoms with Gasteiger partial charge in [0.05, 0.1) is 4.90 Å². The van der Waals surface area contributed by atoms with Gasteiger partial charge in [0.1, 0.15) is 0 Å². The normalized spacial score (nSPS) is 16.8. The van der Waals surface area contributed by atoms with Crippen LogP contribution < -0.4 is 5.32 Å². The topological polar surface area (TPSA) is 63.2 Å². The minimum atomic E-state index is -3.82. The fourth-order valence-corrected chi connectivity index (χ4v) is 3.00. The van der Waals surface area contributed by atoms with Gasteiger partial charge in [-0.05, 0) is 49.8 Å². The van der Waals surface area contributed by atoms with Gasteiger partial charge in [-0.2, -0.15) is 0 Å². The van der Waals surface area contributed by atoms with Crippen LogP contribution in [0.15, 0.2) is 23.1 Å². The van der Waals surface area contributed by atoms with Crippen molar-refractivity contribution in [1.29, 1.82) is 0 Å². The molecule has 1 amide bonds. The predicted octanol–water partition coefficient (Wildman–Crippen LogP) is 2.70. The van der Waals surface area contributed by atoms with Crippen LogP contribution in [0.5, 0.6) is 0 Å². The molecule has 0 bridgehead atoms. The maximum Gasteiger partial charge on any atom is 0.261 e. The van der Waals surface area contributed by atoms with Crippen LogP contribution in [-0.2, 0) is 15.5 Å². The predicted molar refractivity (Wildman–Crippen MR) is 78.5 cm³/mol. The maximum atomic E-state index is 12.3. The van der Waals surface area contributed by atoms with E-state index >= 15 is 0 Å². The van der Waals surface area contributed by atoms with E-state index in [9.17, 15) is 13.2 Å². The van der Waals surface area contributed by atoms with E-state index in [1.54, 1.807) is 6.07 Å². The number of nitrogens with one attached hydrogen (secondary N) is 1. The summed E-state index contributed by atoms with van der Waals surface area (Å²) in [6, 6.07) is 4.55. The Bertz CT molecular complexity index is 623. The van der Waals surface area contributed by atoms with Crippen LogP contribution in [0.3, 0.4) is 0 Å². The van der Waals surface area contributed by atoms with Crippen molar-refractivity contribution < 1.29 is 13.2 Å². The standard InChI is InChI=1S/C14H18ClNO3S/c1-3-10-6-7-12(20(15,18)19)8-13(10)14(17)16-9(2)11-4-5-11/h6-9,11H,3-5H2,1-2H3,(H,16,17). The first-order valence-corrected chi connectivity index (χ1v) is 9.02. The fourth-order valence-electron chi connectivity index (χ4n) is 2.23. The molecule has 1 atom stereocenters. The molecule has 110 valence electrons. The van der Waals surface area contributed by atoms with Gasteiger partial charge in [0.2, 0.25) is 0 Å². The van der Waals surface area contributed by atoms with Crippen LogP contribution in [0.1, 0.15) is 42.6 Å². The molecule has 6 heteroatoms. The summed E-state index contributed by atoms with van der Waals surface area (Å²) < 4.78 is 22.8. The minimum absolute atomic E-state index is 0.0411. The molecule has 1 aromatic rings. The molecule has 20 heavy (non-hydrogen) atoms. The lowest BCUT2D eigenvalue weighted by Gasteiger charge is -2.15. The maximum absolute atomic E-state index is 12.3. The molecule has 1 fully saturated rings. The van der Waals surface area contributed by atoms with Gasteiger partial charge in [0.15, 0.2) is 0 Å². The Labute approximate surface area is 123 Å². The lowest BCUT2D eigenvalue weighted by atomic mass is 10.0. The van der Waals surface area contributed by atoms with Gasteiger partial charge >= 0.3 is 0 Å². The third-order valence-corrected chi connectivity index (χ3v) is 5.03. The summed E-state index contributed by atoms with van der Waals surface area (Å²) in [6.07, 6.45) is 2.93. The number of amides is 1. The Morgan fingerprint density at radius 1 is 1.45 bits per heavy atom. The second kappa shape index (κ2) is 5.74. The first-order chi connectivity index (χ1) is 9.32. The Morgan fingerprint density at radius 2 is 2.10 bits per heavy atom. The van der Waals surface area contributed by atoms with E-state index < -0.39 is 9.05 Å². The zero-order valence-electron chi connectivity index (χ0n) is 11.5. The molecule has 1 aliphatic carbocycles. The van der Waals surface area contributed by atoms with E-state index in [0.29, 0.717) is 17.9 Å². The highest BCUT2D eigenvalue weighted by Gasteiger charge is 2.29. The van der Waals surface area contributed by atoms with Crippen molar-refractivity contribution >= 4 is 25.6 Å². The first kappa shape index (κ1) is 15.3. The summed E-state index contributed by atoms with van der Waals surface area (Å²) in [7, 11) is 1.51. The van der Waals surface area contributed by atoms with Crippen molar-refractivity contribution in [1.82, 2.24) is 5.32 Å². The molecule has 0 saturated heterocycles. The van der Waals surface area contributed by atoms with Gasteiger partial charge < -0.3 is 5.32 Å². The second-order valence-electron chi connectivity index (χ2n) is 5.21. The molecule has 0 aliphatic heterocycles. The smallest absolute Gasteiger partial charge is 0.261 e. The highest BCUT2D eigenvalue weighted by Crippen LogP contribution is 2.32. The summed E-state index contributed by atoms with van der Waals surface area (Å²) in [5.74, 6) is 0.312. The Balaban J connectivity index is 2.29. The molecule has 0 heterocycles. The second-order valence-corrected chi connectivity index (χ2v) is 7.78.